The SMILES string of the molecule is CC1SCCN1C(=O)c1ccc(I)cc1. The number of carbonyl (C=O) groups excluding carboxylic acids is 1. The monoisotopic (exact) mass is 333 g/mol. The predicted molar refractivity (Wildman–Crippen MR) is 72.1 cm³/mol. The zero-order valence-electron chi connectivity index (χ0n) is 8.44. The van der Waals surface area contributed by atoms with Crippen molar-refractivity contribution in [2.45, 2.75) is 12.3 Å². The summed E-state index contributed by atoms with van der Waals surface area (Å²) in [4.78, 5) is 14.0. The van der Waals surface area contributed by atoms with Gasteiger partial charge in [-0.2, -0.15) is 0 Å². The Balaban J connectivity index is 2.17. The minimum absolute atomic E-state index is 0.156. The fourth-order valence-electron chi connectivity index (χ4n) is 1.62. The van der Waals surface area contributed by atoms with Gasteiger partial charge in [0.2, 0.25) is 0 Å². The van der Waals surface area contributed by atoms with Crippen LogP contribution in [0.25, 0.3) is 0 Å². The molecule has 1 fully saturated rings. The summed E-state index contributed by atoms with van der Waals surface area (Å²) in [5.41, 5.74) is 0.796. The Morgan fingerprint density at radius 3 is 2.67 bits per heavy atom. The molecule has 2 rings (SSSR count). The molecule has 4 heteroatoms. The summed E-state index contributed by atoms with van der Waals surface area (Å²) in [6.45, 7) is 2.96. The number of benzene rings is 1. The molecule has 0 saturated carbocycles. The van der Waals surface area contributed by atoms with Crippen LogP contribution in [0.3, 0.4) is 0 Å². The third-order valence-electron chi connectivity index (χ3n) is 2.48. The molecule has 0 aliphatic carbocycles. The first-order chi connectivity index (χ1) is 7.18. The van der Waals surface area contributed by atoms with Gasteiger partial charge in [-0.3, -0.25) is 4.79 Å². The molecule has 1 aliphatic heterocycles. The van der Waals surface area contributed by atoms with E-state index in [9.17, 15) is 4.79 Å². The van der Waals surface area contributed by atoms with Crippen molar-refractivity contribution in [1.29, 1.82) is 0 Å². The van der Waals surface area contributed by atoms with Gasteiger partial charge in [0.1, 0.15) is 0 Å². The number of carbonyl (C=O) groups is 1. The van der Waals surface area contributed by atoms with Crippen LogP contribution in [0.5, 0.6) is 0 Å². The lowest BCUT2D eigenvalue weighted by Crippen LogP contribution is -2.33. The number of thioether (sulfide) groups is 1. The van der Waals surface area contributed by atoms with Crippen LogP contribution in [0.4, 0.5) is 0 Å². The van der Waals surface area contributed by atoms with Crippen LogP contribution in [0, 0.1) is 3.57 Å². The number of hydrogen-bond acceptors (Lipinski definition) is 2. The standard InChI is InChI=1S/C11H12INOS/c1-8-13(6-7-15-8)11(14)9-2-4-10(12)5-3-9/h2-5,8H,6-7H2,1H3. The van der Waals surface area contributed by atoms with Gasteiger partial charge < -0.3 is 4.90 Å². The summed E-state index contributed by atoms with van der Waals surface area (Å²) in [5.74, 6) is 1.21. The van der Waals surface area contributed by atoms with Crippen LogP contribution >= 0.6 is 34.4 Å². The smallest absolute Gasteiger partial charge is 0.254 e. The lowest BCUT2D eigenvalue weighted by Gasteiger charge is -2.20. The molecule has 0 N–H and O–H groups in total. The van der Waals surface area contributed by atoms with Crippen molar-refractivity contribution in [2.24, 2.45) is 0 Å². The highest BCUT2D eigenvalue weighted by atomic mass is 127. The molecule has 1 atom stereocenters. The lowest BCUT2D eigenvalue weighted by atomic mass is 10.2. The van der Waals surface area contributed by atoms with Gasteiger partial charge in [-0.05, 0) is 53.8 Å². The van der Waals surface area contributed by atoms with Gasteiger partial charge in [0.25, 0.3) is 5.91 Å². The third-order valence-corrected chi connectivity index (χ3v) is 4.36. The minimum Gasteiger partial charge on any atom is -0.326 e. The van der Waals surface area contributed by atoms with E-state index >= 15 is 0 Å². The molecule has 15 heavy (non-hydrogen) atoms. The van der Waals surface area contributed by atoms with E-state index in [0.29, 0.717) is 5.37 Å². The maximum absolute atomic E-state index is 12.1. The van der Waals surface area contributed by atoms with Crippen LogP contribution < -0.4 is 0 Å². The summed E-state index contributed by atoms with van der Waals surface area (Å²) in [6, 6.07) is 7.75. The van der Waals surface area contributed by atoms with Crippen LogP contribution in [-0.4, -0.2) is 28.5 Å². The van der Waals surface area contributed by atoms with E-state index < -0.39 is 0 Å². The molecule has 2 nitrogen and oxygen atoms in total. The first-order valence-electron chi connectivity index (χ1n) is 4.86. The van der Waals surface area contributed by atoms with E-state index in [4.69, 9.17) is 0 Å². The number of rotatable bonds is 1. The van der Waals surface area contributed by atoms with Gasteiger partial charge in [0.05, 0.1) is 5.37 Å². The second-order valence-electron chi connectivity index (χ2n) is 3.48. The quantitative estimate of drug-likeness (QED) is 0.737. The van der Waals surface area contributed by atoms with Crippen molar-refractivity contribution in [2.75, 3.05) is 12.3 Å². The number of halogens is 1. The Kier molecular flexibility index (Phi) is 3.56. The molecule has 1 aromatic rings. The van der Waals surface area contributed by atoms with Crippen molar-refractivity contribution < 1.29 is 4.79 Å². The molecule has 1 saturated heterocycles. The third kappa shape index (κ3) is 2.47. The maximum atomic E-state index is 12.1. The molecule has 1 aliphatic rings. The highest BCUT2D eigenvalue weighted by Crippen LogP contribution is 2.24. The van der Waals surface area contributed by atoms with E-state index in [-0.39, 0.29) is 5.91 Å². The minimum atomic E-state index is 0.156. The fraction of sp³-hybridized carbons (Fsp3) is 0.364. The Morgan fingerprint density at radius 2 is 2.13 bits per heavy atom. The topological polar surface area (TPSA) is 20.3 Å². The Hall–Kier alpha value is -0.230. The van der Waals surface area contributed by atoms with Crippen molar-refractivity contribution >= 4 is 40.3 Å². The fourth-order valence-corrected chi connectivity index (χ4v) is 3.00. The van der Waals surface area contributed by atoms with Crippen LogP contribution in [0.2, 0.25) is 0 Å². The summed E-state index contributed by atoms with van der Waals surface area (Å²) < 4.78 is 1.16. The van der Waals surface area contributed by atoms with E-state index in [0.717, 1.165) is 21.4 Å². The van der Waals surface area contributed by atoms with Crippen molar-refractivity contribution in [3.8, 4) is 0 Å². The number of nitrogens with zero attached hydrogens (tertiary/aromatic N) is 1. The molecular weight excluding hydrogens is 321 g/mol. The van der Waals surface area contributed by atoms with Gasteiger partial charge in [-0.1, -0.05) is 0 Å². The zero-order valence-corrected chi connectivity index (χ0v) is 11.4. The van der Waals surface area contributed by atoms with Crippen LogP contribution in [-0.2, 0) is 0 Å². The summed E-state index contributed by atoms with van der Waals surface area (Å²) >= 11 is 4.08. The molecule has 0 aromatic heterocycles. The highest BCUT2D eigenvalue weighted by Gasteiger charge is 2.26. The van der Waals surface area contributed by atoms with E-state index in [1.54, 1.807) is 0 Å². The first-order valence-corrected chi connectivity index (χ1v) is 6.99. The summed E-state index contributed by atoms with van der Waals surface area (Å²) in [5, 5.41) is 0.316. The summed E-state index contributed by atoms with van der Waals surface area (Å²) in [7, 11) is 0. The average molecular weight is 333 g/mol. The maximum Gasteiger partial charge on any atom is 0.254 e. The molecule has 0 bridgehead atoms. The van der Waals surface area contributed by atoms with Gasteiger partial charge in [0.15, 0.2) is 0 Å². The van der Waals surface area contributed by atoms with E-state index in [1.165, 1.54) is 0 Å². The molecule has 1 heterocycles. The van der Waals surface area contributed by atoms with Crippen LogP contribution in [0.1, 0.15) is 17.3 Å². The molecule has 0 spiro atoms. The second kappa shape index (κ2) is 4.74. The van der Waals surface area contributed by atoms with E-state index in [1.807, 2.05) is 40.9 Å². The zero-order chi connectivity index (χ0) is 10.8. The summed E-state index contributed by atoms with van der Waals surface area (Å²) in [6.07, 6.45) is 0. The van der Waals surface area contributed by atoms with Gasteiger partial charge in [-0.15, -0.1) is 11.8 Å². The molecule has 1 aromatic carbocycles. The Labute approximate surface area is 108 Å². The molecule has 80 valence electrons. The van der Waals surface area contributed by atoms with Crippen LogP contribution in [0.15, 0.2) is 24.3 Å². The number of amides is 1. The van der Waals surface area contributed by atoms with Gasteiger partial charge in [-0.25, -0.2) is 0 Å². The predicted octanol–water partition coefficient (Wildman–Crippen LogP) is 2.83. The van der Waals surface area contributed by atoms with Crippen molar-refractivity contribution in [3.63, 3.8) is 0 Å². The number of hydrogen-bond donors (Lipinski definition) is 0. The molecule has 1 unspecified atom stereocenters. The Bertz CT molecular complexity index is 365. The van der Waals surface area contributed by atoms with Gasteiger partial charge in [0, 0.05) is 21.4 Å². The second-order valence-corrected chi connectivity index (χ2v) is 6.14. The molecular formula is C11H12INOS. The van der Waals surface area contributed by atoms with E-state index in [2.05, 4.69) is 29.5 Å². The highest BCUT2D eigenvalue weighted by molar-refractivity contribution is 14.1. The Morgan fingerprint density at radius 1 is 1.47 bits per heavy atom. The van der Waals surface area contributed by atoms with Crippen molar-refractivity contribution in [3.05, 3.63) is 33.4 Å². The first kappa shape index (κ1) is 11.3. The molecule has 1 amide bonds. The molecule has 0 radical (unpaired) electrons. The average Bonchev–Trinajstić information content (AvgIpc) is 2.65. The van der Waals surface area contributed by atoms with Crippen molar-refractivity contribution in [1.82, 2.24) is 4.90 Å². The van der Waals surface area contributed by atoms with Gasteiger partial charge >= 0.3 is 0 Å². The normalized spacial score (nSPS) is 20.7. The largest absolute Gasteiger partial charge is 0.326 e. The lowest BCUT2D eigenvalue weighted by molar-refractivity contribution is 0.0768.